The first-order valence-corrected chi connectivity index (χ1v) is 4.82. The lowest BCUT2D eigenvalue weighted by Crippen LogP contribution is -2.54. The average Bonchev–Trinajstić information content (AvgIpc) is 2.27. The van der Waals surface area contributed by atoms with Gasteiger partial charge in [-0.25, -0.2) is 4.79 Å². The Kier molecular flexibility index (Phi) is 3.29. The average molecular weight is 221 g/mol. The minimum atomic E-state index is -1.66. The first kappa shape index (κ1) is 12.2. The predicted octanol–water partition coefficient (Wildman–Crippen LogP) is 0.497. The van der Waals surface area contributed by atoms with E-state index in [-0.39, 0.29) is 5.84 Å². The maximum atomic E-state index is 11.3. The highest BCUT2D eigenvalue weighted by molar-refractivity contribution is 5.91. The summed E-state index contributed by atoms with van der Waals surface area (Å²) in [7, 11) is 0. The van der Waals surface area contributed by atoms with E-state index in [4.69, 9.17) is 16.9 Å². The highest BCUT2D eigenvalue weighted by atomic mass is 16.4. The zero-order valence-corrected chi connectivity index (χ0v) is 8.97. The molecule has 0 amide bonds. The van der Waals surface area contributed by atoms with Gasteiger partial charge in [0, 0.05) is 5.92 Å². The lowest BCUT2D eigenvalue weighted by molar-refractivity contribution is -0.144. The summed E-state index contributed by atoms with van der Waals surface area (Å²) in [4.78, 5) is 11.3. The monoisotopic (exact) mass is 221 g/mol. The molecule has 2 atom stereocenters. The topological polar surface area (TPSA) is 113 Å². The van der Waals surface area contributed by atoms with E-state index in [9.17, 15) is 9.90 Å². The summed E-state index contributed by atoms with van der Waals surface area (Å²) in [5.74, 6) is -2.21. The molecule has 0 aliphatic heterocycles. The number of rotatable bonds is 4. The van der Waals surface area contributed by atoms with Crippen molar-refractivity contribution in [1.82, 2.24) is 0 Å². The predicted molar refractivity (Wildman–Crippen MR) is 61.0 cm³/mol. The van der Waals surface area contributed by atoms with Gasteiger partial charge in [-0.05, 0) is 5.56 Å². The van der Waals surface area contributed by atoms with E-state index in [1.165, 1.54) is 6.92 Å². The summed E-state index contributed by atoms with van der Waals surface area (Å²) in [6.45, 7) is 1.53. The van der Waals surface area contributed by atoms with Crippen LogP contribution in [0.15, 0.2) is 30.3 Å². The quantitative estimate of drug-likeness (QED) is 0.438. The fraction of sp³-hybridized carbons (Fsp3) is 0.273. The molecule has 0 aromatic heterocycles. The number of hydrogen-bond acceptors (Lipinski definition) is 3. The number of carbonyl (C=O) groups is 1. The molecule has 5 heteroatoms. The van der Waals surface area contributed by atoms with Crippen molar-refractivity contribution >= 4 is 11.8 Å². The number of nitrogens with two attached hydrogens (primary N) is 2. The Bertz CT molecular complexity index is 405. The van der Waals surface area contributed by atoms with Crippen molar-refractivity contribution in [3.63, 3.8) is 0 Å². The molecule has 0 spiro atoms. The van der Waals surface area contributed by atoms with Crippen LogP contribution in [0.4, 0.5) is 0 Å². The Labute approximate surface area is 93.6 Å². The summed E-state index contributed by atoms with van der Waals surface area (Å²) >= 11 is 0. The van der Waals surface area contributed by atoms with Crippen molar-refractivity contribution < 1.29 is 9.90 Å². The van der Waals surface area contributed by atoms with E-state index in [1.54, 1.807) is 30.3 Å². The first-order chi connectivity index (χ1) is 7.40. The number of hydrogen-bond donors (Lipinski definition) is 4. The minimum absolute atomic E-state index is 0.242. The van der Waals surface area contributed by atoms with Crippen molar-refractivity contribution in [3.05, 3.63) is 35.9 Å². The van der Waals surface area contributed by atoms with Crippen LogP contribution < -0.4 is 11.5 Å². The molecule has 0 saturated carbocycles. The zero-order valence-electron chi connectivity index (χ0n) is 8.97. The Morgan fingerprint density at radius 3 is 2.31 bits per heavy atom. The van der Waals surface area contributed by atoms with Gasteiger partial charge < -0.3 is 16.6 Å². The SMILES string of the molecule is CC(C(=N)N)C(N)(C(=O)O)c1ccccc1. The maximum Gasteiger partial charge on any atom is 0.329 e. The normalized spacial score (nSPS) is 16.1. The number of carboxylic acid groups (broad SMARTS) is 1. The van der Waals surface area contributed by atoms with Crippen molar-refractivity contribution in [2.24, 2.45) is 17.4 Å². The van der Waals surface area contributed by atoms with E-state index in [2.05, 4.69) is 0 Å². The molecule has 0 bridgehead atoms. The Balaban J connectivity index is 3.28. The molecule has 2 unspecified atom stereocenters. The van der Waals surface area contributed by atoms with Gasteiger partial charge >= 0.3 is 5.97 Å². The number of aliphatic carboxylic acids is 1. The van der Waals surface area contributed by atoms with Crippen LogP contribution in [0.3, 0.4) is 0 Å². The Morgan fingerprint density at radius 2 is 1.94 bits per heavy atom. The molecular weight excluding hydrogens is 206 g/mol. The van der Waals surface area contributed by atoms with Gasteiger partial charge in [-0.15, -0.1) is 0 Å². The first-order valence-electron chi connectivity index (χ1n) is 4.82. The molecule has 86 valence electrons. The summed E-state index contributed by atoms with van der Waals surface area (Å²) in [5.41, 5.74) is 10.00. The van der Waals surface area contributed by atoms with Gasteiger partial charge in [-0.1, -0.05) is 37.3 Å². The van der Waals surface area contributed by atoms with Gasteiger partial charge in [0.15, 0.2) is 0 Å². The summed E-state index contributed by atoms with van der Waals surface area (Å²) in [6.07, 6.45) is 0. The standard InChI is InChI=1S/C11H15N3O2/c1-7(9(12)13)11(14,10(15)16)8-5-3-2-4-6-8/h2-7H,14H2,1H3,(H3,12,13)(H,15,16). The fourth-order valence-corrected chi connectivity index (χ4v) is 1.52. The molecule has 1 aromatic carbocycles. The molecular formula is C11H15N3O2. The van der Waals surface area contributed by atoms with Crippen molar-refractivity contribution in [2.45, 2.75) is 12.5 Å². The number of carboxylic acids is 1. The van der Waals surface area contributed by atoms with Gasteiger partial charge in [-0.2, -0.15) is 0 Å². The molecule has 1 rings (SSSR count). The minimum Gasteiger partial charge on any atom is -0.480 e. The molecule has 0 fully saturated rings. The van der Waals surface area contributed by atoms with Crippen molar-refractivity contribution in [3.8, 4) is 0 Å². The molecule has 1 aromatic rings. The van der Waals surface area contributed by atoms with Gasteiger partial charge in [0.1, 0.15) is 5.54 Å². The maximum absolute atomic E-state index is 11.3. The lowest BCUT2D eigenvalue weighted by Gasteiger charge is -2.30. The molecule has 5 nitrogen and oxygen atoms in total. The molecule has 0 aliphatic carbocycles. The molecule has 0 saturated heterocycles. The summed E-state index contributed by atoms with van der Waals surface area (Å²) in [6, 6.07) is 8.41. The van der Waals surface area contributed by atoms with Crippen LogP contribution >= 0.6 is 0 Å². The number of nitrogens with one attached hydrogen (secondary N) is 1. The van der Waals surface area contributed by atoms with Gasteiger partial charge in [0.05, 0.1) is 5.84 Å². The fourth-order valence-electron chi connectivity index (χ4n) is 1.52. The van der Waals surface area contributed by atoms with Crippen molar-refractivity contribution in [1.29, 1.82) is 5.41 Å². The second kappa shape index (κ2) is 4.32. The number of amidine groups is 1. The van der Waals surface area contributed by atoms with Crippen LogP contribution in [0.2, 0.25) is 0 Å². The van der Waals surface area contributed by atoms with Gasteiger partial charge in [-0.3, -0.25) is 5.41 Å². The van der Waals surface area contributed by atoms with E-state index in [0.29, 0.717) is 5.56 Å². The van der Waals surface area contributed by atoms with E-state index in [0.717, 1.165) is 0 Å². The van der Waals surface area contributed by atoms with Crippen LogP contribution in [0.1, 0.15) is 12.5 Å². The Morgan fingerprint density at radius 1 is 1.44 bits per heavy atom. The van der Waals surface area contributed by atoms with Crippen LogP contribution in [-0.2, 0) is 10.3 Å². The van der Waals surface area contributed by atoms with E-state index < -0.39 is 17.4 Å². The van der Waals surface area contributed by atoms with Crippen LogP contribution in [0.5, 0.6) is 0 Å². The number of benzene rings is 1. The molecule has 6 N–H and O–H groups in total. The van der Waals surface area contributed by atoms with E-state index >= 15 is 0 Å². The Hall–Kier alpha value is -1.88. The van der Waals surface area contributed by atoms with Crippen LogP contribution in [0, 0.1) is 11.3 Å². The van der Waals surface area contributed by atoms with Crippen molar-refractivity contribution in [2.75, 3.05) is 0 Å². The third-order valence-electron chi connectivity index (χ3n) is 2.75. The van der Waals surface area contributed by atoms with Gasteiger partial charge in [0.2, 0.25) is 0 Å². The largest absolute Gasteiger partial charge is 0.480 e. The summed E-state index contributed by atoms with van der Waals surface area (Å²) in [5, 5.41) is 16.6. The highest BCUT2D eigenvalue weighted by Gasteiger charge is 2.43. The third-order valence-corrected chi connectivity index (χ3v) is 2.75. The third kappa shape index (κ3) is 1.90. The molecule has 0 heterocycles. The second-order valence-electron chi connectivity index (χ2n) is 3.72. The second-order valence-corrected chi connectivity index (χ2v) is 3.72. The zero-order chi connectivity index (χ0) is 12.3. The molecule has 0 aliphatic rings. The van der Waals surface area contributed by atoms with Crippen LogP contribution in [0.25, 0.3) is 0 Å². The molecule has 0 radical (unpaired) electrons. The summed E-state index contributed by atoms with van der Waals surface area (Å²) < 4.78 is 0. The highest BCUT2D eigenvalue weighted by Crippen LogP contribution is 2.27. The van der Waals surface area contributed by atoms with Crippen LogP contribution in [-0.4, -0.2) is 16.9 Å². The molecule has 16 heavy (non-hydrogen) atoms. The van der Waals surface area contributed by atoms with E-state index in [1.807, 2.05) is 0 Å². The smallest absolute Gasteiger partial charge is 0.329 e. The lowest BCUT2D eigenvalue weighted by atomic mass is 9.79. The van der Waals surface area contributed by atoms with Gasteiger partial charge in [0.25, 0.3) is 0 Å².